The van der Waals surface area contributed by atoms with Crippen LogP contribution in [0.5, 0.6) is 11.5 Å². The number of nitrogens with one attached hydrogen (secondary N) is 1. The van der Waals surface area contributed by atoms with E-state index in [0.29, 0.717) is 34.8 Å². The SMILES string of the molecule is COc1ccc(/C=C2\C(=O)NC(=O)N(c3ccc(OCc4ccccc4)cc3)C2=O)c(Cc2ccccc2F)c1. The van der Waals surface area contributed by atoms with Crippen LogP contribution in [0.25, 0.3) is 6.08 Å². The van der Waals surface area contributed by atoms with Crippen LogP contribution in [-0.2, 0) is 22.6 Å². The Morgan fingerprint density at radius 3 is 2.25 bits per heavy atom. The van der Waals surface area contributed by atoms with Crippen LogP contribution in [0.2, 0.25) is 0 Å². The van der Waals surface area contributed by atoms with Crippen molar-refractivity contribution in [3.8, 4) is 11.5 Å². The highest BCUT2D eigenvalue weighted by Gasteiger charge is 2.37. The molecule has 1 N–H and O–H groups in total. The minimum atomic E-state index is -0.855. The molecule has 0 unspecified atom stereocenters. The molecule has 0 atom stereocenters. The fourth-order valence-electron chi connectivity index (χ4n) is 4.33. The predicted octanol–water partition coefficient (Wildman–Crippen LogP) is 5.67. The summed E-state index contributed by atoms with van der Waals surface area (Å²) >= 11 is 0. The van der Waals surface area contributed by atoms with Gasteiger partial charge in [0.25, 0.3) is 11.8 Å². The molecule has 4 aromatic rings. The van der Waals surface area contributed by atoms with Crippen LogP contribution in [0.3, 0.4) is 0 Å². The minimum absolute atomic E-state index is 0.200. The Morgan fingerprint density at radius 1 is 0.825 bits per heavy atom. The third-order valence-electron chi connectivity index (χ3n) is 6.43. The number of carbonyl (C=O) groups is 3. The van der Waals surface area contributed by atoms with Crippen molar-refractivity contribution in [1.82, 2.24) is 5.32 Å². The van der Waals surface area contributed by atoms with Gasteiger partial charge in [-0.25, -0.2) is 14.1 Å². The van der Waals surface area contributed by atoms with Gasteiger partial charge in [0.05, 0.1) is 12.8 Å². The van der Waals surface area contributed by atoms with Crippen molar-refractivity contribution in [2.45, 2.75) is 13.0 Å². The van der Waals surface area contributed by atoms with Crippen LogP contribution in [0.1, 0.15) is 22.3 Å². The average Bonchev–Trinajstić information content (AvgIpc) is 2.97. The Hall–Kier alpha value is -5.24. The molecule has 5 rings (SSSR count). The number of nitrogens with zero attached hydrogens (tertiary/aromatic N) is 1. The number of rotatable bonds is 8. The highest BCUT2D eigenvalue weighted by molar-refractivity contribution is 6.39. The van der Waals surface area contributed by atoms with Gasteiger partial charge in [0, 0.05) is 6.42 Å². The van der Waals surface area contributed by atoms with Crippen molar-refractivity contribution in [3.05, 3.63) is 131 Å². The van der Waals surface area contributed by atoms with Gasteiger partial charge in [0.15, 0.2) is 0 Å². The first kappa shape index (κ1) is 26.4. The molecule has 4 aromatic carbocycles. The number of hydrogen-bond acceptors (Lipinski definition) is 5. The zero-order chi connectivity index (χ0) is 28.1. The quantitative estimate of drug-likeness (QED) is 0.232. The lowest BCUT2D eigenvalue weighted by Gasteiger charge is -2.26. The van der Waals surface area contributed by atoms with E-state index in [0.717, 1.165) is 10.5 Å². The van der Waals surface area contributed by atoms with Crippen molar-refractivity contribution < 1.29 is 28.2 Å². The lowest BCUT2D eigenvalue weighted by Crippen LogP contribution is -2.54. The van der Waals surface area contributed by atoms with Gasteiger partial charge in [-0.3, -0.25) is 14.9 Å². The molecule has 1 fully saturated rings. The number of methoxy groups -OCH3 is 1. The van der Waals surface area contributed by atoms with Crippen LogP contribution < -0.4 is 19.7 Å². The molecule has 4 amide bonds. The second-order valence-electron chi connectivity index (χ2n) is 9.06. The molecule has 0 radical (unpaired) electrons. The van der Waals surface area contributed by atoms with Gasteiger partial charge in [0.1, 0.15) is 29.5 Å². The summed E-state index contributed by atoms with van der Waals surface area (Å²) in [6.45, 7) is 0.363. The normalized spacial score (nSPS) is 14.3. The largest absolute Gasteiger partial charge is 0.497 e. The van der Waals surface area contributed by atoms with Gasteiger partial charge in [0.2, 0.25) is 0 Å². The van der Waals surface area contributed by atoms with Gasteiger partial charge in [-0.1, -0.05) is 54.6 Å². The number of hydrogen-bond donors (Lipinski definition) is 1. The van der Waals surface area contributed by atoms with E-state index in [-0.39, 0.29) is 23.5 Å². The first-order valence-corrected chi connectivity index (χ1v) is 12.5. The average molecular weight is 537 g/mol. The summed E-state index contributed by atoms with van der Waals surface area (Å²) in [5.41, 5.74) is 2.64. The van der Waals surface area contributed by atoms with Crippen LogP contribution >= 0.6 is 0 Å². The van der Waals surface area contributed by atoms with Crippen molar-refractivity contribution in [2.24, 2.45) is 0 Å². The van der Waals surface area contributed by atoms with Crippen molar-refractivity contribution >= 4 is 29.6 Å². The monoisotopic (exact) mass is 536 g/mol. The zero-order valence-corrected chi connectivity index (χ0v) is 21.6. The van der Waals surface area contributed by atoms with Crippen LogP contribution in [0.4, 0.5) is 14.9 Å². The third-order valence-corrected chi connectivity index (χ3v) is 6.43. The number of ether oxygens (including phenoxy) is 2. The Labute approximate surface area is 230 Å². The van der Waals surface area contributed by atoms with Gasteiger partial charge < -0.3 is 9.47 Å². The van der Waals surface area contributed by atoms with Crippen molar-refractivity contribution in [3.63, 3.8) is 0 Å². The molecule has 0 aliphatic carbocycles. The maximum atomic E-state index is 14.4. The van der Waals surface area contributed by atoms with E-state index >= 15 is 0 Å². The molecule has 7 nitrogen and oxygen atoms in total. The number of benzene rings is 4. The smallest absolute Gasteiger partial charge is 0.335 e. The summed E-state index contributed by atoms with van der Waals surface area (Å²) in [5, 5.41) is 2.23. The van der Waals surface area contributed by atoms with Crippen molar-refractivity contribution in [2.75, 3.05) is 12.0 Å². The summed E-state index contributed by atoms with van der Waals surface area (Å²) in [4.78, 5) is 39.8. The molecule has 0 bridgehead atoms. The fourth-order valence-corrected chi connectivity index (χ4v) is 4.33. The van der Waals surface area contributed by atoms with E-state index in [4.69, 9.17) is 9.47 Å². The topological polar surface area (TPSA) is 84.9 Å². The number of halogens is 1. The first-order valence-electron chi connectivity index (χ1n) is 12.5. The molecule has 0 saturated carbocycles. The Kier molecular flexibility index (Phi) is 7.68. The summed E-state index contributed by atoms with van der Waals surface area (Å²) in [6, 6.07) is 26.7. The highest BCUT2D eigenvalue weighted by atomic mass is 19.1. The second kappa shape index (κ2) is 11.7. The lowest BCUT2D eigenvalue weighted by molar-refractivity contribution is -0.122. The molecule has 0 aromatic heterocycles. The second-order valence-corrected chi connectivity index (χ2v) is 9.06. The number of imide groups is 2. The van der Waals surface area contributed by atoms with Crippen LogP contribution in [0, 0.1) is 5.82 Å². The molecule has 1 aliphatic rings. The number of urea groups is 1. The van der Waals surface area contributed by atoms with Gasteiger partial charge in [-0.15, -0.1) is 0 Å². The van der Waals surface area contributed by atoms with E-state index in [1.807, 2.05) is 30.3 Å². The Bertz CT molecular complexity index is 1600. The van der Waals surface area contributed by atoms with Crippen LogP contribution in [0.15, 0.2) is 103 Å². The van der Waals surface area contributed by atoms with Crippen molar-refractivity contribution in [1.29, 1.82) is 0 Å². The minimum Gasteiger partial charge on any atom is -0.497 e. The maximum Gasteiger partial charge on any atom is 0.335 e. The maximum absolute atomic E-state index is 14.4. The lowest BCUT2D eigenvalue weighted by atomic mass is 9.96. The molecule has 200 valence electrons. The standard InChI is InChI=1S/C32H25FN2O5/c1-39-27-14-11-22(24(18-27)17-23-9-5-6-10-29(23)33)19-28-30(36)34-32(38)35(31(28)37)25-12-15-26(16-13-25)40-20-21-7-3-2-4-8-21/h2-16,18-19H,17,20H2,1H3,(H,34,36,38)/b28-19+. The zero-order valence-electron chi connectivity index (χ0n) is 21.6. The highest BCUT2D eigenvalue weighted by Crippen LogP contribution is 2.28. The molecule has 8 heteroatoms. The summed E-state index contributed by atoms with van der Waals surface area (Å²) < 4.78 is 25.5. The Morgan fingerprint density at radius 2 is 1.52 bits per heavy atom. The fraction of sp³-hybridized carbons (Fsp3) is 0.0938. The van der Waals surface area contributed by atoms with Gasteiger partial charge >= 0.3 is 6.03 Å². The van der Waals surface area contributed by atoms with Gasteiger partial charge in [-0.2, -0.15) is 0 Å². The number of amides is 4. The van der Waals surface area contributed by atoms with E-state index in [9.17, 15) is 18.8 Å². The third kappa shape index (κ3) is 5.76. The summed E-state index contributed by atoms with van der Waals surface area (Å²) in [7, 11) is 1.51. The number of anilines is 1. The molecule has 1 heterocycles. The molecule has 0 spiro atoms. The molecule has 1 aliphatic heterocycles. The van der Waals surface area contributed by atoms with E-state index in [1.165, 1.54) is 19.3 Å². The van der Waals surface area contributed by atoms with Crippen LogP contribution in [-0.4, -0.2) is 25.0 Å². The summed E-state index contributed by atoms with van der Waals surface area (Å²) in [5.74, 6) is -0.871. The molecule has 1 saturated heterocycles. The predicted molar refractivity (Wildman–Crippen MR) is 148 cm³/mol. The van der Waals surface area contributed by atoms with Gasteiger partial charge in [-0.05, 0) is 70.8 Å². The molecule has 40 heavy (non-hydrogen) atoms. The number of carbonyl (C=O) groups excluding carboxylic acids is 3. The first-order chi connectivity index (χ1) is 19.4. The van der Waals surface area contributed by atoms with E-state index in [1.54, 1.807) is 60.7 Å². The Balaban J connectivity index is 1.41. The van der Waals surface area contributed by atoms with E-state index in [2.05, 4.69) is 5.32 Å². The van der Waals surface area contributed by atoms with E-state index < -0.39 is 17.8 Å². The summed E-state index contributed by atoms with van der Waals surface area (Å²) in [6.07, 6.45) is 1.61. The molecular weight excluding hydrogens is 511 g/mol. The molecular formula is C32H25FN2O5. The number of barbiturate groups is 1.